The van der Waals surface area contributed by atoms with E-state index in [1.54, 1.807) is 0 Å². The van der Waals surface area contributed by atoms with Crippen LogP contribution < -0.4 is 5.32 Å². The summed E-state index contributed by atoms with van der Waals surface area (Å²) in [6, 6.07) is 2.53. The number of hydrogen-bond donors (Lipinski definition) is 2. The highest BCUT2D eigenvalue weighted by molar-refractivity contribution is 6.31. The second-order valence-electron chi connectivity index (χ2n) is 3.89. The lowest BCUT2D eigenvalue weighted by Gasteiger charge is -2.27. The summed E-state index contributed by atoms with van der Waals surface area (Å²) in [4.78, 5) is 2.14. The molecule has 16 heavy (non-hydrogen) atoms. The summed E-state index contributed by atoms with van der Waals surface area (Å²) in [6.45, 7) is 4.07. The van der Waals surface area contributed by atoms with E-state index in [1.165, 1.54) is 12.1 Å². The molecule has 0 aliphatic carbocycles. The fourth-order valence-electron chi connectivity index (χ4n) is 1.83. The third kappa shape index (κ3) is 2.45. The minimum Gasteiger partial charge on any atom is -0.508 e. The van der Waals surface area contributed by atoms with Crippen molar-refractivity contribution in [2.45, 2.75) is 6.54 Å². The van der Waals surface area contributed by atoms with Crippen LogP contribution in [-0.2, 0) is 6.54 Å². The van der Waals surface area contributed by atoms with Crippen LogP contribution >= 0.6 is 11.6 Å². The van der Waals surface area contributed by atoms with Crippen molar-refractivity contribution in [3.63, 3.8) is 0 Å². The van der Waals surface area contributed by atoms with E-state index in [0.29, 0.717) is 12.1 Å². The van der Waals surface area contributed by atoms with Crippen molar-refractivity contribution in [3.8, 4) is 5.75 Å². The van der Waals surface area contributed by atoms with Gasteiger partial charge in [0, 0.05) is 38.3 Å². The lowest BCUT2D eigenvalue weighted by Crippen LogP contribution is -2.42. The van der Waals surface area contributed by atoms with Gasteiger partial charge in [0.05, 0.1) is 5.02 Å². The lowest BCUT2D eigenvalue weighted by molar-refractivity contribution is 0.230. The molecule has 0 amide bonds. The van der Waals surface area contributed by atoms with Crippen LogP contribution in [-0.4, -0.2) is 36.2 Å². The first-order chi connectivity index (χ1) is 7.68. The van der Waals surface area contributed by atoms with E-state index in [1.807, 2.05) is 0 Å². The number of piperazine rings is 1. The number of rotatable bonds is 2. The number of phenols is 1. The van der Waals surface area contributed by atoms with E-state index < -0.39 is 5.82 Å². The number of aromatic hydroxyl groups is 1. The highest BCUT2D eigenvalue weighted by Gasteiger charge is 2.16. The summed E-state index contributed by atoms with van der Waals surface area (Å²) >= 11 is 5.84. The molecule has 0 atom stereocenters. The van der Waals surface area contributed by atoms with E-state index in [-0.39, 0.29) is 10.8 Å². The van der Waals surface area contributed by atoms with Crippen LogP contribution in [0.25, 0.3) is 0 Å². The number of nitrogens with zero attached hydrogens (tertiary/aromatic N) is 1. The molecule has 88 valence electrons. The third-order valence-electron chi connectivity index (χ3n) is 2.76. The van der Waals surface area contributed by atoms with Crippen LogP contribution in [0.5, 0.6) is 5.75 Å². The van der Waals surface area contributed by atoms with E-state index in [2.05, 4.69) is 10.2 Å². The van der Waals surface area contributed by atoms with Gasteiger partial charge in [0.2, 0.25) is 0 Å². The Hall–Kier alpha value is -0.840. The van der Waals surface area contributed by atoms with E-state index in [4.69, 9.17) is 11.6 Å². The molecule has 5 heteroatoms. The number of nitrogens with one attached hydrogen (secondary N) is 1. The molecule has 3 nitrogen and oxygen atoms in total. The Kier molecular flexibility index (Phi) is 3.63. The largest absolute Gasteiger partial charge is 0.508 e. The average Bonchev–Trinajstić information content (AvgIpc) is 2.31. The predicted octanol–water partition coefficient (Wildman–Crippen LogP) is 1.59. The topological polar surface area (TPSA) is 35.5 Å². The van der Waals surface area contributed by atoms with Gasteiger partial charge in [-0.25, -0.2) is 4.39 Å². The van der Waals surface area contributed by atoms with Crippen molar-refractivity contribution >= 4 is 11.6 Å². The zero-order valence-electron chi connectivity index (χ0n) is 8.84. The lowest BCUT2D eigenvalue weighted by atomic mass is 10.1. The maximum absolute atomic E-state index is 13.2. The quantitative estimate of drug-likeness (QED) is 0.830. The fourth-order valence-corrected chi connectivity index (χ4v) is 2.05. The van der Waals surface area contributed by atoms with Crippen molar-refractivity contribution in [2.75, 3.05) is 26.2 Å². The van der Waals surface area contributed by atoms with E-state index in [0.717, 1.165) is 26.2 Å². The minimum absolute atomic E-state index is 0.0264. The molecule has 1 aliphatic rings. The molecule has 1 aromatic rings. The fraction of sp³-hybridized carbons (Fsp3) is 0.455. The molecule has 1 saturated heterocycles. The van der Waals surface area contributed by atoms with Gasteiger partial charge in [0.25, 0.3) is 0 Å². The number of phenolic OH excluding ortho intramolecular Hbond substituents is 1. The van der Waals surface area contributed by atoms with Crippen LogP contribution in [0.1, 0.15) is 5.56 Å². The summed E-state index contributed by atoms with van der Waals surface area (Å²) in [5.41, 5.74) is 0.476. The molecule has 0 unspecified atom stereocenters. The maximum atomic E-state index is 13.2. The van der Waals surface area contributed by atoms with Gasteiger partial charge in [-0.1, -0.05) is 11.6 Å². The second-order valence-corrected chi connectivity index (χ2v) is 4.26. The minimum atomic E-state index is -0.482. The van der Waals surface area contributed by atoms with Crippen molar-refractivity contribution in [2.24, 2.45) is 0 Å². The van der Waals surface area contributed by atoms with Gasteiger partial charge in [-0.15, -0.1) is 0 Å². The maximum Gasteiger partial charge on any atom is 0.142 e. The Labute approximate surface area is 98.8 Å². The third-order valence-corrected chi connectivity index (χ3v) is 3.17. The highest BCUT2D eigenvalue weighted by atomic mass is 35.5. The van der Waals surface area contributed by atoms with Gasteiger partial charge >= 0.3 is 0 Å². The zero-order valence-corrected chi connectivity index (χ0v) is 9.60. The van der Waals surface area contributed by atoms with Gasteiger partial charge in [-0.05, 0) is 12.1 Å². The molecule has 0 spiro atoms. The monoisotopic (exact) mass is 244 g/mol. The van der Waals surface area contributed by atoms with Crippen LogP contribution in [0.15, 0.2) is 12.1 Å². The Morgan fingerprint density at radius 3 is 2.75 bits per heavy atom. The average molecular weight is 245 g/mol. The molecule has 1 fully saturated rings. The first-order valence-electron chi connectivity index (χ1n) is 5.27. The normalized spacial score (nSPS) is 17.6. The Balaban J connectivity index is 2.16. The molecule has 0 saturated carbocycles. The zero-order chi connectivity index (χ0) is 11.5. The molecular formula is C11H14ClFN2O. The van der Waals surface area contributed by atoms with Crippen LogP contribution in [0.2, 0.25) is 5.02 Å². The number of halogens is 2. The van der Waals surface area contributed by atoms with E-state index in [9.17, 15) is 9.50 Å². The Morgan fingerprint density at radius 1 is 1.38 bits per heavy atom. The van der Waals surface area contributed by atoms with Crippen molar-refractivity contribution in [1.29, 1.82) is 0 Å². The van der Waals surface area contributed by atoms with Gasteiger partial charge in [-0.2, -0.15) is 0 Å². The molecule has 1 heterocycles. The van der Waals surface area contributed by atoms with Crippen LogP contribution in [0, 0.1) is 5.82 Å². The summed E-state index contributed by atoms with van der Waals surface area (Å²) in [7, 11) is 0. The van der Waals surface area contributed by atoms with Crippen LogP contribution in [0.3, 0.4) is 0 Å². The van der Waals surface area contributed by atoms with Gasteiger partial charge in [0.15, 0.2) is 0 Å². The molecule has 2 rings (SSSR count). The van der Waals surface area contributed by atoms with Crippen LogP contribution in [0.4, 0.5) is 4.39 Å². The standard InChI is InChI=1S/C11H14ClFN2O/c12-11-8(10(16)2-1-9(11)13)7-15-5-3-14-4-6-15/h1-2,14,16H,3-7H2. The number of benzene rings is 1. The molecule has 0 bridgehead atoms. The predicted molar refractivity (Wildman–Crippen MR) is 61.2 cm³/mol. The molecule has 2 N–H and O–H groups in total. The summed E-state index contributed by atoms with van der Waals surface area (Å²) < 4.78 is 13.2. The van der Waals surface area contributed by atoms with Gasteiger partial charge in [-0.3, -0.25) is 4.90 Å². The Bertz CT molecular complexity index is 380. The van der Waals surface area contributed by atoms with Crippen molar-refractivity contribution in [1.82, 2.24) is 10.2 Å². The van der Waals surface area contributed by atoms with E-state index >= 15 is 0 Å². The SMILES string of the molecule is Oc1ccc(F)c(Cl)c1CN1CCNCC1. The summed E-state index contributed by atoms with van der Waals surface area (Å²) in [5.74, 6) is -0.422. The van der Waals surface area contributed by atoms with Gasteiger partial charge < -0.3 is 10.4 Å². The molecule has 1 aromatic carbocycles. The van der Waals surface area contributed by atoms with Crippen molar-refractivity contribution in [3.05, 3.63) is 28.5 Å². The molecule has 1 aliphatic heterocycles. The van der Waals surface area contributed by atoms with Gasteiger partial charge in [0.1, 0.15) is 11.6 Å². The summed E-state index contributed by atoms with van der Waals surface area (Å²) in [6.07, 6.45) is 0. The highest BCUT2D eigenvalue weighted by Crippen LogP contribution is 2.29. The first kappa shape index (κ1) is 11.6. The molecular weight excluding hydrogens is 231 g/mol. The molecule has 0 radical (unpaired) electrons. The number of hydrogen-bond acceptors (Lipinski definition) is 3. The second kappa shape index (κ2) is 4.99. The summed E-state index contributed by atoms with van der Waals surface area (Å²) in [5, 5.41) is 12.9. The smallest absolute Gasteiger partial charge is 0.142 e. The first-order valence-corrected chi connectivity index (χ1v) is 5.65. The molecule has 0 aromatic heterocycles. The van der Waals surface area contributed by atoms with Crippen molar-refractivity contribution < 1.29 is 9.50 Å². The Morgan fingerprint density at radius 2 is 2.06 bits per heavy atom.